The van der Waals surface area contributed by atoms with Crippen molar-refractivity contribution >= 4 is 23.3 Å². The van der Waals surface area contributed by atoms with Crippen molar-refractivity contribution in [2.24, 2.45) is 5.92 Å². The summed E-state index contributed by atoms with van der Waals surface area (Å²) in [5.74, 6) is -0.665. The molecule has 3 N–H and O–H groups in total. The molecule has 0 spiro atoms. The summed E-state index contributed by atoms with van der Waals surface area (Å²) in [5, 5.41) is 2.61. The zero-order valence-electron chi connectivity index (χ0n) is 13.0. The minimum Gasteiger partial charge on any atom is -0.462 e. The maximum absolute atomic E-state index is 12.0. The molecular weight excluding hydrogens is 270 g/mol. The number of hydrogen-bond acceptors (Lipinski definition) is 5. The van der Waals surface area contributed by atoms with Gasteiger partial charge >= 0.3 is 5.97 Å². The molecule has 1 rings (SSSR count). The van der Waals surface area contributed by atoms with Gasteiger partial charge in [0.05, 0.1) is 23.8 Å². The second-order valence-corrected chi connectivity index (χ2v) is 4.89. The van der Waals surface area contributed by atoms with E-state index in [1.54, 1.807) is 32.2 Å². The number of hydrogen-bond donors (Lipinski definition) is 2. The van der Waals surface area contributed by atoms with Crippen molar-refractivity contribution in [2.45, 2.75) is 13.8 Å². The van der Waals surface area contributed by atoms with Crippen LogP contribution in [-0.4, -0.2) is 39.1 Å². The summed E-state index contributed by atoms with van der Waals surface area (Å²) in [6, 6.07) is 5.08. The zero-order valence-corrected chi connectivity index (χ0v) is 13.0. The van der Waals surface area contributed by atoms with Crippen LogP contribution in [0.5, 0.6) is 0 Å². The summed E-state index contributed by atoms with van der Waals surface area (Å²) in [6.07, 6.45) is 0. The van der Waals surface area contributed by atoms with E-state index in [1.165, 1.54) is 0 Å². The van der Waals surface area contributed by atoms with Crippen LogP contribution in [0.2, 0.25) is 0 Å². The van der Waals surface area contributed by atoms with Gasteiger partial charge in [0.15, 0.2) is 0 Å². The highest BCUT2D eigenvalue weighted by Crippen LogP contribution is 2.24. The smallest absolute Gasteiger partial charge is 0.340 e. The third-order valence-electron chi connectivity index (χ3n) is 3.17. The Balaban J connectivity index is 3.00. The van der Waals surface area contributed by atoms with Crippen molar-refractivity contribution < 1.29 is 14.3 Å². The van der Waals surface area contributed by atoms with Gasteiger partial charge in [0.25, 0.3) is 0 Å². The Labute approximate surface area is 125 Å². The fraction of sp³-hybridized carbons (Fsp3) is 0.467. The van der Waals surface area contributed by atoms with Gasteiger partial charge in [0, 0.05) is 26.3 Å². The van der Waals surface area contributed by atoms with Crippen LogP contribution in [-0.2, 0) is 9.53 Å². The van der Waals surface area contributed by atoms with Gasteiger partial charge in [0.2, 0.25) is 5.91 Å². The van der Waals surface area contributed by atoms with Crippen molar-refractivity contribution in [2.75, 3.05) is 37.9 Å². The molecule has 1 aromatic rings. The number of esters is 1. The molecule has 6 heteroatoms. The molecule has 6 nitrogen and oxygen atoms in total. The topological polar surface area (TPSA) is 84.7 Å². The Morgan fingerprint density at radius 2 is 2.10 bits per heavy atom. The number of carbonyl (C=O) groups excluding carboxylic acids is 2. The van der Waals surface area contributed by atoms with Gasteiger partial charge in [-0.3, -0.25) is 4.79 Å². The SMILES string of the molecule is CCOC(=O)c1cc(N)ccc1N(C)CC(C)C(=O)NC. The molecule has 1 amide bonds. The first-order valence-corrected chi connectivity index (χ1v) is 6.90. The van der Waals surface area contributed by atoms with E-state index in [1.807, 2.05) is 18.9 Å². The summed E-state index contributed by atoms with van der Waals surface area (Å²) >= 11 is 0. The molecule has 0 saturated heterocycles. The fourth-order valence-electron chi connectivity index (χ4n) is 2.10. The number of amides is 1. The maximum atomic E-state index is 12.0. The van der Waals surface area contributed by atoms with Crippen molar-refractivity contribution in [3.63, 3.8) is 0 Å². The maximum Gasteiger partial charge on any atom is 0.340 e. The molecule has 21 heavy (non-hydrogen) atoms. The molecule has 1 unspecified atom stereocenters. The van der Waals surface area contributed by atoms with Gasteiger partial charge < -0.3 is 20.7 Å². The Bertz CT molecular complexity index is 517. The van der Waals surface area contributed by atoms with Gasteiger partial charge in [-0.15, -0.1) is 0 Å². The number of ether oxygens (including phenoxy) is 1. The Hall–Kier alpha value is -2.24. The molecule has 0 radical (unpaired) electrons. The number of rotatable bonds is 6. The molecule has 1 atom stereocenters. The summed E-state index contributed by atoms with van der Waals surface area (Å²) in [7, 11) is 3.43. The Kier molecular flexibility index (Phi) is 6.02. The van der Waals surface area contributed by atoms with E-state index in [0.717, 1.165) is 0 Å². The molecule has 0 aliphatic carbocycles. The second-order valence-electron chi connectivity index (χ2n) is 4.89. The van der Waals surface area contributed by atoms with Crippen LogP contribution in [0.3, 0.4) is 0 Å². The zero-order chi connectivity index (χ0) is 16.0. The van der Waals surface area contributed by atoms with Crippen LogP contribution >= 0.6 is 0 Å². The summed E-state index contributed by atoms with van der Waals surface area (Å²) in [4.78, 5) is 25.5. The number of anilines is 2. The number of carbonyl (C=O) groups is 2. The van der Waals surface area contributed by atoms with E-state index in [2.05, 4.69) is 5.32 Å². The number of benzene rings is 1. The summed E-state index contributed by atoms with van der Waals surface area (Å²) in [5.41, 5.74) is 7.34. The molecular formula is C15H23N3O3. The van der Waals surface area contributed by atoms with E-state index in [4.69, 9.17) is 10.5 Å². The van der Waals surface area contributed by atoms with Crippen LogP contribution in [0.15, 0.2) is 18.2 Å². The average Bonchev–Trinajstić information content (AvgIpc) is 2.46. The molecule has 0 aromatic heterocycles. The average molecular weight is 293 g/mol. The normalized spacial score (nSPS) is 11.6. The standard InChI is InChI=1S/C15H23N3O3/c1-5-21-15(20)12-8-11(16)6-7-13(12)18(4)9-10(2)14(19)17-3/h6-8,10H,5,9,16H2,1-4H3,(H,17,19). The van der Waals surface area contributed by atoms with Crippen LogP contribution in [0.25, 0.3) is 0 Å². The van der Waals surface area contributed by atoms with Crippen molar-refractivity contribution in [1.82, 2.24) is 5.32 Å². The molecule has 1 aromatic carbocycles. The first kappa shape index (κ1) is 16.8. The molecule has 0 aliphatic heterocycles. The third-order valence-corrected chi connectivity index (χ3v) is 3.17. The minimum atomic E-state index is -0.417. The number of nitrogens with one attached hydrogen (secondary N) is 1. The van der Waals surface area contributed by atoms with Gasteiger partial charge in [0.1, 0.15) is 0 Å². The first-order chi connectivity index (χ1) is 9.90. The number of nitrogen functional groups attached to an aromatic ring is 1. The second kappa shape index (κ2) is 7.52. The highest BCUT2D eigenvalue weighted by molar-refractivity contribution is 5.97. The summed E-state index contributed by atoms with van der Waals surface area (Å²) in [6.45, 7) is 4.36. The van der Waals surface area contributed by atoms with E-state index in [0.29, 0.717) is 30.1 Å². The van der Waals surface area contributed by atoms with E-state index in [-0.39, 0.29) is 11.8 Å². The van der Waals surface area contributed by atoms with Gasteiger partial charge in [-0.1, -0.05) is 6.92 Å². The molecule has 116 valence electrons. The van der Waals surface area contributed by atoms with Crippen LogP contribution in [0, 0.1) is 5.92 Å². The van der Waals surface area contributed by atoms with Gasteiger partial charge in [-0.2, -0.15) is 0 Å². The summed E-state index contributed by atoms with van der Waals surface area (Å²) < 4.78 is 5.05. The first-order valence-electron chi connectivity index (χ1n) is 6.90. The predicted molar refractivity (Wildman–Crippen MR) is 83.3 cm³/mol. The molecule has 0 bridgehead atoms. The molecule has 0 saturated carbocycles. The lowest BCUT2D eigenvalue weighted by Gasteiger charge is -2.24. The monoisotopic (exact) mass is 293 g/mol. The van der Waals surface area contributed by atoms with E-state index >= 15 is 0 Å². The van der Waals surface area contributed by atoms with Crippen molar-refractivity contribution in [3.8, 4) is 0 Å². The largest absolute Gasteiger partial charge is 0.462 e. The third kappa shape index (κ3) is 4.37. The number of nitrogens with two attached hydrogens (primary N) is 1. The Morgan fingerprint density at radius 1 is 1.43 bits per heavy atom. The molecule has 0 fully saturated rings. The lowest BCUT2D eigenvalue weighted by atomic mass is 10.1. The van der Waals surface area contributed by atoms with Crippen LogP contribution in [0.4, 0.5) is 11.4 Å². The highest BCUT2D eigenvalue weighted by Gasteiger charge is 2.19. The van der Waals surface area contributed by atoms with Crippen LogP contribution in [0.1, 0.15) is 24.2 Å². The van der Waals surface area contributed by atoms with Crippen molar-refractivity contribution in [1.29, 1.82) is 0 Å². The Morgan fingerprint density at radius 3 is 2.67 bits per heavy atom. The van der Waals surface area contributed by atoms with E-state index < -0.39 is 5.97 Å². The number of nitrogens with zero attached hydrogens (tertiary/aromatic N) is 1. The quantitative estimate of drug-likeness (QED) is 0.609. The molecule has 0 aliphatic rings. The highest BCUT2D eigenvalue weighted by atomic mass is 16.5. The van der Waals surface area contributed by atoms with Gasteiger partial charge in [-0.25, -0.2) is 4.79 Å². The fourth-order valence-corrected chi connectivity index (χ4v) is 2.10. The molecule has 0 heterocycles. The van der Waals surface area contributed by atoms with Crippen molar-refractivity contribution in [3.05, 3.63) is 23.8 Å². The lowest BCUT2D eigenvalue weighted by molar-refractivity contribution is -0.123. The van der Waals surface area contributed by atoms with Gasteiger partial charge in [-0.05, 0) is 25.1 Å². The minimum absolute atomic E-state index is 0.0463. The predicted octanol–water partition coefficient (Wildman–Crippen LogP) is 1.26. The van der Waals surface area contributed by atoms with E-state index in [9.17, 15) is 9.59 Å². The lowest BCUT2D eigenvalue weighted by Crippen LogP contribution is -2.35. The van der Waals surface area contributed by atoms with Crippen LogP contribution < -0.4 is 16.0 Å².